The van der Waals surface area contributed by atoms with E-state index in [-0.39, 0.29) is 0 Å². The molecule has 0 N–H and O–H groups in total. The van der Waals surface area contributed by atoms with Gasteiger partial charge in [0.1, 0.15) is 0 Å². The number of hydrogen-bond donors (Lipinski definition) is 0. The molecule has 3 aromatic carbocycles. The molecule has 0 unspecified atom stereocenters. The Morgan fingerprint density at radius 3 is 1.85 bits per heavy atom. The molecule has 0 amide bonds. The van der Waals surface area contributed by atoms with Crippen molar-refractivity contribution in [2.24, 2.45) is 0 Å². The van der Waals surface area contributed by atoms with Gasteiger partial charge in [0.05, 0.1) is 0 Å². The molecule has 0 saturated heterocycles. The van der Waals surface area contributed by atoms with Crippen LogP contribution in [0.5, 0.6) is 0 Å². The van der Waals surface area contributed by atoms with Gasteiger partial charge in [-0.1, -0.05) is 57.3 Å². The van der Waals surface area contributed by atoms with E-state index in [9.17, 15) is 0 Å². The maximum absolute atomic E-state index is 3.65. The van der Waals surface area contributed by atoms with Crippen molar-refractivity contribution >= 4 is 48.9 Å². The van der Waals surface area contributed by atoms with Gasteiger partial charge < -0.3 is 4.90 Å². The molecule has 27 heavy (non-hydrogen) atoms. The van der Waals surface area contributed by atoms with Gasteiger partial charge in [-0.05, 0) is 90.9 Å². The fourth-order valence-electron chi connectivity index (χ4n) is 3.81. The Morgan fingerprint density at radius 1 is 0.778 bits per heavy atom. The first kappa shape index (κ1) is 18.8. The Bertz CT molecular complexity index is 894. The second-order valence-corrected chi connectivity index (χ2v) is 8.98. The monoisotopic (exact) mass is 483 g/mol. The third-order valence-electron chi connectivity index (χ3n) is 5.24. The lowest BCUT2D eigenvalue weighted by molar-refractivity contribution is 0.795. The van der Waals surface area contributed by atoms with Crippen LogP contribution in [0, 0.1) is 0 Å². The van der Waals surface area contributed by atoms with Crippen LogP contribution < -0.4 is 4.90 Å². The summed E-state index contributed by atoms with van der Waals surface area (Å²) >= 11 is 7.29. The lowest BCUT2D eigenvalue weighted by atomic mass is 10.0. The van der Waals surface area contributed by atoms with Crippen molar-refractivity contribution in [1.82, 2.24) is 0 Å². The van der Waals surface area contributed by atoms with Gasteiger partial charge in [-0.3, -0.25) is 0 Å². The zero-order chi connectivity index (χ0) is 18.8. The zero-order valence-electron chi connectivity index (χ0n) is 15.5. The molecule has 138 valence electrons. The van der Waals surface area contributed by atoms with Gasteiger partial charge in [-0.25, -0.2) is 0 Å². The summed E-state index contributed by atoms with van der Waals surface area (Å²) in [4.78, 5) is 2.42. The molecule has 1 aliphatic rings. The number of anilines is 3. The molecule has 1 nitrogen and oxygen atoms in total. The fourth-order valence-corrected chi connectivity index (χ4v) is 4.63. The summed E-state index contributed by atoms with van der Waals surface area (Å²) in [6.45, 7) is 2.25. The number of hydrogen-bond acceptors (Lipinski definition) is 1. The number of halogens is 2. The minimum Gasteiger partial charge on any atom is -0.310 e. The van der Waals surface area contributed by atoms with Crippen LogP contribution in [0.25, 0.3) is 0 Å². The lowest BCUT2D eigenvalue weighted by Crippen LogP contribution is -2.11. The van der Waals surface area contributed by atoms with E-state index in [0.29, 0.717) is 0 Å². The summed E-state index contributed by atoms with van der Waals surface area (Å²) in [5.41, 5.74) is 7.96. The largest absolute Gasteiger partial charge is 0.310 e. The molecule has 0 aromatic heterocycles. The first-order valence-corrected chi connectivity index (χ1v) is 11.2. The Morgan fingerprint density at radius 2 is 1.33 bits per heavy atom. The first-order valence-electron chi connectivity index (χ1n) is 9.61. The molecule has 0 radical (unpaired) electrons. The van der Waals surface area contributed by atoms with Crippen molar-refractivity contribution in [3.8, 4) is 0 Å². The van der Waals surface area contributed by atoms with Crippen LogP contribution in [-0.2, 0) is 19.3 Å². The van der Waals surface area contributed by atoms with E-state index in [2.05, 4.69) is 104 Å². The van der Waals surface area contributed by atoms with E-state index in [1.807, 2.05) is 0 Å². The highest BCUT2D eigenvalue weighted by Gasteiger charge is 2.22. The second-order valence-electron chi connectivity index (χ2n) is 7.15. The summed E-state index contributed by atoms with van der Waals surface area (Å²) in [6, 6.07) is 22.4. The Kier molecular flexibility index (Phi) is 5.70. The predicted octanol–water partition coefficient (Wildman–Crippen LogP) is 8.12. The summed E-state index contributed by atoms with van der Waals surface area (Å²) in [7, 11) is 0. The fraction of sp³-hybridized carbons (Fsp3) is 0.250. The zero-order valence-corrected chi connectivity index (χ0v) is 18.7. The topological polar surface area (TPSA) is 3.24 Å². The normalized spacial score (nSPS) is 13.1. The molecule has 0 spiro atoms. The van der Waals surface area contributed by atoms with E-state index in [1.54, 1.807) is 0 Å². The second kappa shape index (κ2) is 8.20. The van der Waals surface area contributed by atoms with Crippen LogP contribution in [0.1, 0.15) is 36.5 Å². The van der Waals surface area contributed by atoms with Crippen LogP contribution in [0.2, 0.25) is 0 Å². The van der Waals surface area contributed by atoms with Gasteiger partial charge in [0.25, 0.3) is 0 Å². The molecule has 1 heterocycles. The summed E-state index contributed by atoms with van der Waals surface area (Å²) in [6.07, 6.45) is 5.73. The third kappa shape index (κ3) is 4.00. The summed E-state index contributed by atoms with van der Waals surface area (Å²) in [5, 5.41) is 0. The van der Waals surface area contributed by atoms with Gasteiger partial charge in [0.15, 0.2) is 0 Å². The van der Waals surface area contributed by atoms with E-state index >= 15 is 0 Å². The molecule has 0 aliphatic carbocycles. The third-order valence-corrected chi connectivity index (χ3v) is 6.23. The van der Waals surface area contributed by atoms with Crippen molar-refractivity contribution in [2.75, 3.05) is 4.90 Å². The predicted molar refractivity (Wildman–Crippen MR) is 123 cm³/mol. The maximum Gasteiger partial charge on any atom is 0.0494 e. The van der Waals surface area contributed by atoms with Crippen LogP contribution in [0.15, 0.2) is 69.6 Å². The number of unbranched alkanes of at least 4 members (excludes halogenated alkanes) is 1. The SMILES string of the molecule is CCCCc1ccc(N2c3ccc(Br)cc3CCc3cc(Br)ccc32)cc1. The molecule has 0 bridgehead atoms. The molecular weight excluding hydrogens is 462 g/mol. The van der Waals surface area contributed by atoms with Gasteiger partial charge in [0.2, 0.25) is 0 Å². The summed E-state index contributed by atoms with van der Waals surface area (Å²) in [5.74, 6) is 0. The summed E-state index contributed by atoms with van der Waals surface area (Å²) < 4.78 is 2.28. The maximum atomic E-state index is 3.65. The van der Waals surface area contributed by atoms with E-state index in [0.717, 1.165) is 28.2 Å². The van der Waals surface area contributed by atoms with Gasteiger partial charge in [-0.2, -0.15) is 0 Å². The number of aryl methyl sites for hydroxylation is 3. The van der Waals surface area contributed by atoms with Crippen molar-refractivity contribution in [2.45, 2.75) is 39.0 Å². The molecule has 4 rings (SSSR count). The van der Waals surface area contributed by atoms with Crippen LogP contribution in [-0.4, -0.2) is 0 Å². The van der Waals surface area contributed by atoms with Crippen molar-refractivity contribution in [1.29, 1.82) is 0 Å². The molecule has 3 aromatic rings. The molecule has 0 fully saturated rings. The lowest BCUT2D eigenvalue weighted by Gasteiger charge is -2.27. The van der Waals surface area contributed by atoms with Crippen LogP contribution >= 0.6 is 31.9 Å². The van der Waals surface area contributed by atoms with Gasteiger partial charge in [-0.15, -0.1) is 0 Å². The van der Waals surface area contributed by atoms with Crippen LogP contribution in [0.3, 0.4) is 0 Å². The average Bonchev–Trinajstić information content (AvgIpc) is 2.83. The first-order chi connectivity index (χ1) is 13.2. The Hall–Kier alpha value is -1.58. The molecule has 0 saturated carbocycles. The molecule has 3 heteroatoms. The van der Waals surface area contributed by atoms with Crippen LogP contribution in [0.4, 0.5) is 17.1 Å². The van der Waals surface area contributed by atoms with Gasteiger partial charge >= 0.3 is 0 Å². The highest BCUT2D eigenvalue weighted by molar-refractivity contribution is 9.10. The van der Waals surface area contributed by atoms with Crippen molar-refractivity contribution in [3.63, 3.8) is 0 Å². The number of rotatable bonds is 4. The number of benzene rings is 3. The molecular formula is C24H23Br2N. The standard InChI is InChI=1S/C24H23Br2N/c1-2-3-4-17-5-11-22(12-6-17)27-23-13-9-20(25)15-18(23)7-8-19-16-21(26)10-14-24(19)27/h5-6,9-16H,2-4,7-8H2,1H3. The molecule has 1 aliphatic heterocycles. The minimum absolute atomic E-state index is 1.04. The highest BCUT2D eigenvalue weighted by atomic mass is 79.9. The van der Waals surface area contributed by atoms with Gasteiger partial charge in [0, 0.05) is 26.0 Å². The number of nitrogens with zero attached hydrogens (tertiary/aromatic N) is 1. The minimum atomic E-state index is 1.04. The Balaban J connectivity index is 1.82. The quantitative estimate of drug-likeness (QED) is 0.361. The molecule has 0 atom stereocenters. The van der Waals surface area contributed by atoms with E-state index in [4.69, 9.17) is 0 Å². The average molecular weight is 485 g/mol. The highest BCUT2D eigenvalue weighted by Crippen LogP contribution is 2.43. The van der Waals surface area contributed by atoms with E-state index in [1.165, 1.54) is 46.6 Å². The smallest absolute Gasteiger partial charge is 0.0494 e. The van der Waals surface area contributed by atoms with Crippen molar-refractivity contribution in [3.05, 3.63) is 86.3 Å². The number of fused-ring (bicyclic) bond motifs is 2. The van der Waals surface area contributed by atoms with Crippen molar-refractivity contribution < 1.29 is 0 Å². The Labute approximate surface area is 178 Å². The van der Waals surface area contributed by atoms with E-state index < -0.39 is 0 Å².